The van der Waals surface area contributed by atoms with Crippen molar-refractivity contribution in [2.24, 2.45) is 4.99 Å². The average molecular weight is 516 g/mol. The molecule has 1 aromatic carbocycles. The van der Waals surface area contributed by atoms with E-state index in [0.717, 1.165) is 71.3 Å². The summed E-state index contributed by atoms with van der Waals surface area (Å²) in [5.41, 5.74) is 2.64. The Hall–Kier alpha value is -0.900. The van der Waals surface area contributed by atoms with Crippen molar-refractivity contribution >= 4 is 29.9 Å². The van der Waals surface area contributed by atoms with Crippen LogP contribution in [0.5, 0.6) is 0 Å². The Kier molecular flexibility index (Phi) is 10.7. The first kappa shape index (κ1) is 24.4. The van der Waals surface area contributed by atoms with Gasteiger partial charge in [-0.15, -0.1) is 24.0 Å². The predicted molar refractivity (Wildman–Crippen MR) is 129 cm³/mol. The van der Waals surface area contributed by atoms with Crippen LogP contribution >= 0.6 is 24.0 Å². The summed E-state index contributed by atoms with van der Waals surface area (Å²) >= 11 is 0. The normalized spacial score (nSPS) is 22.6. The lowest BCUT2D eigenvalue weighted by atomic mass is 10.1. The van der Waals surface area contributed by atoms with Crippen molar-refractivity contribution in [1.82, 2.24) is 15.1 Å². The molecular weight excluding hydrogens is 479 g/mol. The number of guanidine groups is 1. The zero-order chi connectivity index (χ0) is 19.8. The number of hydrogen-bond donors (Lipinski definition) is 1. The topological polar surface area (TPSA) is 49.3 Å². The molecule has 0 spiro atoms. The maximum absolute atomic E-state index is 5.96. The van der Waals surface area contributed by atoms with Crippen molar-refractivity contribution in [3.8, 4) is 0 Å². The van der Waals surface area contributed by atoms with Gasteiger partial charge >= 0.3 is 0 Å². The van der Waals surface area contributed by atoms with E-state index in [2.05, 4.69) is 58.2 Å². The average Bonchev–Trinajstić information content (AvgIpc) is 3.29. The SMILES string of the molecule is CCN(CC)Cc1ccc(CNC(=NC)N2CCOC(C3CCCO3)C2)cc1.I. The molecule has 2 saturated heterocycles. The van der Waals surface area contributed by atoms with E-state index in [9.17, 15) is 0 Å². The minimum absolute atomic E-state index is 0. The fourth-order valence-electron chi connectivity index (χ4n) is 3.97. The Bertz CT molecular complexity index is 616. The Morgan fingerprint density at radius 3 is 2.41 bits per heavy atom. The van der Waals surface area contributed by atoms with Gasteiger partial charge in [0, 0.05) is 39.8 Å². The van der Waals surface area contributed by atoms with E-state index in [0.29, 0.717) is 0 Å². The smallest absolute Gasteiger partial charge is 0.194 e. The number of rotatable bonds is 7. The molecular formula is C22H37IN4O2. The summed E-state index contributed by atoms with van der Waals surface area (Å²) in [4.78, 5) is 9.22. The zero-order valence-electron chi connectivity index (χ0n) is 18.1. The molecule has 0 radical (unpaired) electrons. The van der Waals surface area contributed by atoms with Crippen LogP contribution in [0.4, 0.5) is 0 Å². The summed E-state index contributed by atoms with van der Waals surface area (Å²) in [5, 5.41) is 3.52. The van der Waals surface area contributed by atoms with Gasteiger partial charge in [-0.3, -0.25) is 9.89 Å². The van der Waals surface area contributed by atoms with E-state index >= 15 is 0 Å². The van der Waals surface area contributed by atoms with Gasteiger partial charge in [-0.05, 0) is 37.1 Å². The van der Waals surface area contributed by atoms with E-state index in [4.69, 9.17) is 9.47 Å². The van der Waals surface area contributed by atoms with Crippen LogP contribution in [0.1, 0.15) is 37.8 Å². The molecule has 0 amide bonds. The maximum atomic E-state index is 5.96. The molecule has 2 fully saturated rings. The molecule has 1 N–H and O–H groups in total. The molecule has 0 bridgehead atoms. The van der Waals surface area contributed by atoms with Crippen molar-refractivity contribution in [2.45, 2.75) is 52.0 Å². The third-order valence-electron chi connectivity index (χ3n) is 5.76. The van der Waals surface area contributed by atoms with Crippen LogP contribution in [0.3, 0.4) is 0 Å². The van der Waals surface area contributed by atoms with Crippen molar-refractivity contribution in [3.05, 3.63) is 35.4 Å². The highest BCUT2D eigenvalue weighted by molar-refractivity contribution is 14.0. The quantitative estimate of drug-likeness (QED) is 0.343. The Morgan fingerprint density at radius 2 is 1.79 bits per heavy atom. The van der Waals surface area contributed by atoms with Crippen LogP contribution in [0.25, 0.3) is 0 Å². The summed E-state index contributed by atoms with van der Waals surface area (Å²) in [5.74, 6) is 0.943. The van der Waals surface area contributed by atoms with Gasteiger partial charge in [0.1, 0.15) is 6.10 Å². The second-order valence-corrected chi connectivity index (χ2v) is 7.59. The van der Waals surface area contributed by atoms with Gasteiger partial charge in [-0.1, -0.05) is 38.1 Å². The fraction of sp³-hybridized carbons (Fsp3) is 0.682. The predicted octanol–water partition coefficient (Wildman–Crippen LogP) is 3.10. The highest BCUT2D eigenvalue weighted by atomic mass is 127. The number of ether oxygens (including phenoxy) is 2. The molecule has 29 heavy (non-hydrogen) atoms. The first-order valence-electron chi connectivity index (χ1n) is 10.7. The lowest BCUT2D eigenvalue weighted by Crippen LogP contribution is -2.53. The summed E-state index contributed by atoms with van der Waals surface area (Å²) in [6, 6.07) is 8.90. The molecule has 6 nitrogen and oxygen atoms in total. The van der Waals surface area contributed by atoms with Gasteiger partial charge in [0.15, 0.2) is 5.96 Å². The number of nitrogens with one attached hydrogen (secondary N) is 1. The molecule has 2 aliphatic heterocycles. The van der Waals surface area contributed by atoms with Gasteiger partial charge < -0.3 is 19.7 Å². The van der Waals surface area contributed by atoms with Crippen molar-refractivity contribution < 1.29 is 9.47 Å². The second-order valence-electron chi connectivity index (χ2n) is 7.59. The van der Waals surface area contributed by atoms with Gasteiger partial charge in [-0.2, -0.15) is 0 Å². The van der Waals surface area contributed by atoms with E-state index in [1.165, 1.54) is 11.1 Å². The van der Waals surface area contributed by atoms with Crippen LogP contribution < -0.4 is 5.32 Å². The number of halogens is 1. The Labute approximate surface area is 193 Å². The van der Waals surface area contributed by atoms with Gasteiger partial charge in [0.2, 0.25) is 0 Å². The fourth-order valence-corrected chi connectivity index (χ4v) is 3.97. The lowest BCUT2D eigenvalue weighted by Gasteiger charge is -2.37. The number of benzene rings is 1. The highest BCUT2D eigenvalue weighted by Crippen LogP contribution is 2.21. The minimum atomic E-state index is 0. The molecule has 7 heteroatoms. The third kappa shape index (κ3) is 7.08. The van der Waals surface area contributed by atoms with Gasteiger partial charge in [-0.25, -0.2) is 0 Å². The standard InChI is InChI=1S/C22H36N4O2.HI/c1-4-25(5-2)16-19-10-8-18(9-11-19)15-24-22(23-3)26-12-14-28-21(17-26)20-7-6-13-27-20;/h8-11,20-21H,4-7,12-17H2,1-3H3,(H,23,24);1H. The minimum Gasteiger partial charge on any atom is -0.375 e. The molecule has 2 aliphatic rings. The molecule has 0 aliphatic carbocycles. The Morgan fingerprint density at radius 1 is 1.10 bits per heavy atom. The summed E-state index contributed by atoms with van der Waals surface area (Å²) in [6.07, 6.45) is 2.63. The Balaban J connectivity index is 0.00000300. The van der Waals surface area contributed by atoms with E-state index in [1.807, 2.05) is 7.05 Å². The first-order chi connectivity index (χ1) is 13.7. The molecule has 0 saturated carbocycles. The van der Waals surface area contributed by atoms with Crippen LogP contribution in [0.15, 0.2) is 29.3 Å². The largest absolute Gasteiger partial charge is 0.375 e. The van der Waals surface area contributed by atoms with Crippen LogP contribution in [-0.2, 0) is 22.6 Å². The second kappa shape index (κ2) is 12.7. The number of morpholine rings is 1. The molecule has 1 aromatic rings. The first-order valence-corrected chi connectivity index (χ1v) is 10.7. The van der Waals surface area contributed by atoms with E-state index in [1.54, 1.807) is 0 Å². The number of aliphatic imine (C=N–C) groups is 1. The van der Waals surface area contributed by atoms with Gasteiger partial charge in [0.25, 0.3) is 0 Å². The third-order valence-corrected chi connectivity index (χ3v) is 5.76. The van der Waals surface area contributed by atoms with Crippen molar-refractivity contribution in [3.63, 3.8) is 0 Å². The molecule has 2 heterocycles. The number of hydrogen-bond acceptors (Lipinski definition) is 4. The summed E-state index contributed by atoms with van der Waals surface area (Å²) in [6.45, 7) is 11.7. The van der Waals surface area contributed by atoms with Gasteiger partial charge in [0.05, 0.1) is 12.7 Å². The van der Waals surface area contributed by atoms with Crippen LogP contribution in [0, 0.1) is 0 Å². The molecule has 164 valence electrons. The number of nitrogens with zero attached hydrogens (tertiary/aromatic N) is 3. The van der Waals surface area contributed by atoms with Crippen molar-refractivity contribution in [1.29, 1.82) is 0 Å². The highest BCUT2D eigenvalue weighted by Gasteiger charge is 2.32. The molecule has 3 rings (SSSR count). The van der Waals surface area contributed by atoms with Crippen molar-refractivity contribution in [2.75, 3.05) is 46.4 Å². The van der Waals surface area contributed by atoms with E-state index in [-0.39, 0.29) is 36.2 Å². The molecule has 2 atom stereocenters. The molecule has 0 aromatic heterocycles. The monoisotopic (exact) mass is 516 g/mol. The maximum Gasteiger partial charge on any atom is 0.194 e. The summed E-state index contributed by atoms with van der Waals surface area (Å²) < 4.78 is 11.8. The zero-order valence-corrected chi connectivity index (χ0v) is 20.4. The molecule has 2 unspecified atom stereocenters. The lowest BCUT2D eigenvalue weighted by molar-refractivity contribution is -0.0817. The van der Waals surface area contributed by atoms with Crippen LogP contribution in [-0.4, -0.2) is 74.4 Å². The van der Waals surface area contributed by atoms with Crippen LogP contribution in [0.2, 0.25) is 0 Å². The summed E-state index contributed by atoms with van der Waals surface area (Å²) in [7, 11) is 1.85. The van der Waals surface area contributed by atoms with E-state index < -0.39 is 0 Å².